The van der Waals surface area contributed by atoms with E-state index in [0.717, 1.165) is 96.3 Å². The number of phosphoric acid groups is 1. The van der Waals surface area contributed by atoms with Crippen LogP contribution >= 0.6 is 7.82 Å². The summed E-state index contributed by atoms with van der Waals surface area (Å²) >= 11 is 0. The fourth-order valence-corrected chi connectivity index (χ4v) is 6.00. The van der Waals surface area contributed by atoms with Gasteiger partial charge in [0, 0.05) is 12.8 Å². The minimum atomic E-state index is -4.74. The topological polar surface area (TPSA) is 172 Å². The number of hydrogen-bond donors (Lipinski definition) is 3. The summed E-state index contributed by atoms with van der Waals surface area (Å²) < 4.78 is 32.6. The van der Waals surface area contributed by atoms with Crippen LogP contribution in [0.15, 0.2) is 109 Å². The molecule has 338 valence electrons. The van der Waals surface area contributed by atoms with E-state index in [1.807, 2.05) is 36.5 Å². The highest BCUT2D eigenvalue weighted by Gasteiger charge is 2.28. The van der Waals surface area contributed by atoms with Crippen LogP contribution < -0.4 is 5.73 Å². The molecule has 0 aliphatic carbocycles. The summed E-state index contributed by atoms with van der Waals surface area (Å²) in [6, 6.07) is -1.54. The number of carbonyl (C=O) groups is 3. The molecule has 12 heteroatoms. The number of hydrogen-bond acceptors (Lipinski definition) is 9. The van der Waals surface area contributed by atoms with Crippen molar-refractivity contribution >= 4 is 25.7 Å². The molecule has 0 saturated heterocycles. The molecular formula is C48H76NO10P. The summed E-state index contributed by atoms with van der Waals surface area (Å²) in [6.07, 6.45) is 54.5. The lowest BCUT2D eigenvalue weighted by atomic mass is 10.1. The Hall–Kier alpha value is -3.86. The van der Waals surface area contributed by atoms with Gasteiger partial charge in [-0.15, -0.1) is 0 Å². The van der Waals surface area contributed by atoms with Crippen molar-refractivity contribution in [1.29, 1.82) is 0 Å². The Kier molecular flexibility index (Phi) is 39.2. The molecule has 0 radical (unpaired) electrons. The predicted octanol–water partition coefficient (Wildman–Crippen LogP) is 11.8. The largest absolute Gasteiger partial charge is 0.480 e. The van der Waals surface area contributed by atoms with Crippen LogP contribution in [0.3, 0.4) is 0 Å². The molecule has 60 heavy (non-hydrogen) atoms. The highest BCUT2D eigenvalue weighted by atomic mass is 31.2. The van der Waals surface area contributed by atoms with Gasteiger partial charge in [-0.2, -0.15) is 0 Å². The number of unbranched alkanes of at least 4 members (excludes halogenated alkanes) is 10. The monoisotopic (exact) mass is 858 g/mol. The van der Waals surface area contributed by atoms with Crippen LogP contribution in [0, 0.1) is 0 Å². The lowest BCUT2D eigenvalue weighted by molar-refractivity contribution is -0.161. The molecule has 0 amide bonds. The maximum absolute atomic E-state index is 12.6. The second-order valence-electron chi connectivity index (χ2n) is 14.2. The third kappa shape index (κ3) is 40.9. The Morgan fingerprint density at radius 3 is 1.53 bits per heavy atom. The molecule has 0 aliphatic heterocycles. The predicted molar refractivity (Wildman–Crippen MR) is 244 cm³/mol. The number of aliphatic carboxylic acids is 1. The molecule has 0 spiro atoms. The minimum absolute atomic E-state index is 0.105. The molecule has 0 aromatic carbocycles. The summed E-state index contributed by atoms with van der Waals surface area (Å²) in [5.41, 5.74) is 5.33. The first-order valence-electron chi connectivity index (χ1n) is 22.0. The number of allylic oxidation sites excluding steroid dienone is 18. The standard InChI is InChI=1S/C48H76NO10P/c1-3-5-7-9-11-13-15-17-18-19-20-21-22-23-24-25-26-28-29-31-33-35-37-39-46(50)56-41-44(42-57-60(54,55)58-43-45(49)48(52)53)59-47(51)40-38-36-34-32-30-27-16-14-12-10-8-6-4-2/h5-8,10-14,16-18,20-21,23-24,27,30,44-45H,3-4,9,15,19,22,25-26,28-29,31-43,49H2,1-2H3,(H,52,53)(H,54,55)/b7-5+,8-6+,12-10+,13-11+,16-14+,18-17+,21-20+,24-23+,30-27+/t44?,45-/m0/s1. The van der Waals surface area contributed by atoms with Crippen LogP contribution in [0.5, 0.6) is 0 Å². The number of phosphoric ester groups is 1. The van der Waals surface area contributed by atoms with Crippen molar-refractivity contribution in [2.45, 2.75) is 154 Å². The molecule has 0 aliphatic rings. The van der Waals surface area contributed by atoms with E-state index in [2.05, 4.69) is 91.3 Å². The lowest BCUT2D eigenvalue weighted by Gasteiger charge is -2.20. The van der Waals surface area contributed by atoms with Crippen LogP contribution in [0.4, 0.5) is 0 Å². The molecule has 0 saturated carbocycles. The van der Waals surface area contributed by atoms with Crippen LogP contribution in [-0.4, -0.2) is 59.9 Å². The smallest absolute Gasteiger partial charge is 0.472 e. The molecule has 0 rings (SSSR count). The first kappa shape index (κ1) is 56.1. The Bertz CT molecular complexity index is 1430. The molecule has 11 nitrogen and oxygen atoms in total. The first-order chi connectivity index (χ1) is 29.1. The Morgan fingerprint density at radius 2 is 0.967 bits per heavy atom. The van der Waals surface area contributed by atoms with Gasteiger partial charge in [-0.25, -0.2) is 4.57 Å². The zero-order valence-electron chi connectivity index (χ0n) is 36.5. The number of nitrogens with two attached hydrogens (primary N) is 1. The van der Waals surface area contributed by atoms with E-state index in [1.165, 1.54) is 6.42 Å². The van der Waals surface area contributed by atoms with Gasteiger partial charge in [-0.3, -0.25) is 23.4 Å². The minimum Gasteiger partial charge on any atom is -0.480 e. The van der Waals surface area contributed by atoms with Gasteiger partial charge in [0.05, 0.1) is 13.2 Å². The van der Waals surface area contributed by atoms with Crippen LogP contribution in [-0.2, 0) is 37.5 Å². The van der Waals surface area contributed by atoms with Gasteiger partial charge < -0.3 is 25.2 Å². The van der Waals surface area contributed by atoms with Crippen LogP contribution in [0.1, 0.15) is 142 Å². The average Bonchev–Trinajstić information content (AvgIpc) is 3.22. The van der Waals surface area contributed by atoms with Gasteiger partial charge in [0.25, 0.3) is 0 Å². The molecular weight excluding hydrogens is 781 g/mol. The summed E-state index contributed by atoms with van der Waals surface area (Å²) in [5.74, 6) is -2.46. The van der Waals surface area contributed by atoms with Crippen molar-refractivity contribution in [2.75, 3.05) is 19.8 Å². The van der Waals surface area contributed by atoms with Crippen molar-refractivity contribution in [2.24, 2.45) is 5.73 Å². The molecule has 4 N–H and O–H groups in total. The fraction of sp³-hybridized carbons (Fsp3) is 0.562. The Balaban J connectivity index is 4.38. The highest BCUT2D eigenvalue weighted by molar-refractivity contribution is 7.47. The van der Waals surface area contributed by atoms with Crippen LogP contribution in [0.25, 0.3) is 0 Å². The summed E-state index contributed by atoms with van der Waals surface area (Å²) in [6.45, 7) is 2.47. The molecule has 3 atom stereocenters. The Morgan fingerprint density at radius 1 is 0.533 bits per heavy atom. The molecule has 0 heterocycles. The van der Waals surface area contributed by atoms with E-state index < -0.39 is 51.1 Å². The lowest BCUT2D eigenvalue weighted by Crippen LogP contribution is -2.34. The van der Waals surface area contributed by atoms with Crippen LogP contribution in [0.2, 0.25) is 0 Å². The number of esters is 2. The maximum Gasteiger partial charge on any atom is 0.472 e. The fourth-order valence-electron chi connectivity index (χ4n) is 5.22. The second kappa shape index (κ2) is 41.9. The summed E-state index contributed by atoms with van der Waals surface area (Å²) in [7, 11) is -4.74. The molecule has 0 fully saturated rings. The molecule has 0 aromatic rings. The molecule has 2 unspecified atom stereocenters. The maximum atomic E-state index is 12.6. The van der Waals surface area contributed by atoms with Crippen molar-refractivity contribution in [1.82, 2.24) is 0 Å². The quantitative estimate of drug-likeness (QED) is 0.0177. The SMILES string of the molecule is CC/C=C/C=C/C=C/C=C/CCCCCC(=O)OC(COC(=O)CCCCCCCCC/C=C/C/C=C/C/C=C/C/C=C/C/C=C/CC)COP(=O)(O)OC[C@H](N)C(=O)O. The van der Waals surface area contributed by atoms with E-state index in [9.17, 15) is 23.8 Å². The van der Waals surface area contributed by atoms with E-state index in [4.69, 9.17) is 24.8 Å². The molecule has 0 aromatic heterocycles. The van der Waals surface area contributed by atoms with E-state index >= 15 is 0 Å². The Labute approximate surface area is 361 Å². The zero-order valence-corrected chi connectivity index (χ0v) is 37.4. The summed E-state index contributed by atoms with van der Waals surface area (Å²) in [4.78, 5) is 45.9. The van der Waals surface area contributed by atoms with Gasteiger partial charge in [-0.1, -0.05) is 162 Å². The van der Waals surface area contributed by atoms with Gasteiger partial charge >= 0.3 is 25.7 Å². The average molecular weight is 858 g/mol. The number of rotatable bonds is 39. The number of carbonyl (C=O) groups excluding carboxylic acids is 2. The number of carboxylic acid groups (broad SMARTS) is 1. The van der Waals surface area contributed by atoms with Gasteiger partial charge in [-0.05, 0) is 77.0 Å². The second-order valence-corrected chi connectivity index (χ2v) is 15.6. The van der Waals surface area contributed by atoms with Crippen molar-refractivity contribution in [3.8, 4) is 0 Å². The van der Waals surface area contributed by atoms with E-state index in [1.54, 1.807) is 0 Å². The van der Waals surface area contributed by atoms with E-state index in [-0.39, 0.29) is 19.4 Å². The number of ether oxygens (including phenoxy) is 2. The van der Waals surface area contributed by atoms with Crippen molar-refractivity contribution in [3.05, 3.63) is 109 Å². The van der Waals surface area contributed by atoms with E-state index in [0.29, 0.717) is 12.8 Å². The third-order valence-electron chi connectivity index (χ3n) is 8.61. The number of carboxylic acids is 1. The zero-order chi connectivity index (χ0) is 44.2. The van der Waals surface area contributed by atoms with Crippen molar-refractivity contribution < 1.29 is 47.5 Å². The normalized spacial score (nSPS) is 14.7. The third-order valence-corrected chi connectivity index (χ3v) is 9.56. The highest BCUT2D eigenvalue weighted by Crippen LogP contribution is 2.43. The first-order valence-corrected chi connectivity index (χ1v) is 23.5. The molecule has 0 bridgehead atoms. The van der Waals surface area contributed by atoms with Gasteiger partial charge in [0.1, 0.15) is 12.6 Å². The van der Waals surface area contributed by atoms with Crippen molar-refractivity contribution in [3.63, 3.8) is 0 Å². The summed E-state index contributed by atoms with van der Waals surface area (Å²) in [5, 5.41) is 8.89. The van der Waals surface area contributed by atoms with Gasteiger partial charge in [0.15, 0.2) is 6.10 Å². The van der Waals surface area contributed by atoms with Gasteiger partial charge in [0.2, 0.25) is 0 Å².